The Morgan fingerprint density at radius 3 is 2.32 bits per heavy atom. The monoisotopic (exact) mass is 363 g/mol. The van der Waals surface area contributed by atoms with Crippen molar-refractivity contribution in [3.05, 3.63) is 71.6 Å². The van der Waals surface area contributed by atoms with E-state index in [0.29, 0.717) is 0 Å². The summed E-state index contributed by atoms with van der Waals surface area (Å²) in [7, 11) is -4.00. The van der Waals surface area contributed by atoms with Gasteiger partial charge >= 0.3 is 0 Å². The molecule has 0 fully saturated rings. The van der Waals surface area contributed by atoms with E-state index in [2.05, 4.69) is 11.3 Å². The lowest BCUT2D eigenvalue weighted by Gasteiger charge is -2.21. The first-order chi connectivity index (χ1) is 11.6. The molecule has 0 heterocycles. The fraction of sp³-hybridized carbons (Fsp3) is 0.167. The van der Waals surface area contributed by atoms with Gasteiger partial charge in [-0.3, -0.25) is 4.79 Å². The van der Waals surface area contributed by atoms with Crippen molar-refractivity contribution < 1.29 is 22.7 Å². The normalized spacial score (nSPS) is 12.6. The summed E-state index contributed by atoms with van der Waals surface area (Å²) in [6.07, 6.45) is 0. The first-order valence-corrected chi connectivity index (χ1v) is 8.87. The lowest BCUT2D eigenvalue weighted by Crippen LogP contribution is -2.31. The number of halogens is 1. The van der Waals surface area contributed by atoms with Gasteiger partial charge in [0, 0.05) is 17.2 Å². The van der Waals surface area contributed by atoms with E-state index in [1.807, 2.05) is 6.92 Å². The first-order valence-electron chi connectivity index (χ1n) is 7.39. The number of Topliss-reactive ketones (excluding diaryl/α,β-unsaturated/α-hetero) is 1. The summed E-state index contributed by atoms with van der Waals surface area (Å²) in [5.74, 6) is -1.62. The highest BCUT2D eigenvalue weighted by Gasteiger charge is 2.27. The second kappa shape index (κ2) is 7.16. The number of hydrogen-bond donors (Lipinski definition) is 2. The first kappa shape index (κ1) is 18.8. The molecule has 5 nitrogen and oxygen atoms in total. The summed E-state index contributed by atoms with van der Waals surface area (Å²) in [6.45, 7) is 6.66. The highest BCUT2D eigenvalue weighted by atomic mass is 32.2. The molecular weight excluding hydrogens is 345 g/mol. The zero-order valence-electron chi connectivity index (χ0n) is 13.8. The van der Waals surface area contributed by atoms with E-state index in [-0.39, 0.29) is 16.0 Å². The molecule has 0 aliphatic heterocycles. The number of phenols is 1. The second-order valence-corrected chi connectivity index (χ2v) is 7.37. The minimum atomic E-state index is -4.00. The Morgan fingerprint density at radius 1 is 1.20 bits per heavy atom. The SMILES string of the molecule is C=C(C(C)=O)[C@@H](NS(=O)(=O)c1ccc(C)cc1)c1ccc(F)cc1O. The van der Waals surface area contributed by atoms with Gasteiger partial charge in [-0.15, -0.1) is 0 Å². The van der Waals surface area contributed by atoms with Crippen molar-refractivity contribution in [2.75, 3.05) is 0 Å². The molecule has 0 saturated heterocycles. The number of rotatable bonds is 6. The Labute approximate surface area is 145 Å². The van der Waals surface area contributed by atoms with Gasteiger partial charge in [0.15, 0.2) is 5.78 Å². The largest absolute Gasteiger partial charge is 0.507 e. The van der Waals surface area contributed by atoms with Crippen LogP contribution in [-0.4, -0.2) is 19.3 Å². The van der Waals surface area contributed by atoms with Crippen LogP contribution in [0.4, 0.5) is 4.39 Å². The van der Waals surface area contributed by atoms with Crippen LogP contribution in [0.1, 0.15) is 24.1 Å². The average Bonchev–Trinajstić information content (AvgIpc) is 2.53. The van der Waals surface area contributed by atoms with Crippen molar-refractivity contribution >= 4 is 15.8 Å². The molecule has 0 saturated carbocycles. The van der Waals surface area contributed by atoms with Crippen molar-refractivity contribution in [1.82, 2.24) is 4.72 Å². The molecule has 0 amide bonds. The zero-order chi connectivity index (χ0) is 18.8. The summed E-state index contributed by atoms with van der Waals surface area (Å²) < 4.78 is 40.8. The molecule has 0 unspecified atom stereocenters. The number of carbonyl (C=O) groups is 1. The third-order valence-electron chi connectivity index (χ3n) is 3.71. The lowest BCUT2D eigenvalue weighted by molar-refractivity contribution is -0.113. The van der Waals surface area contributed by atoms with Crippen LogP contribution in [0, 0.1) is 12.7 Å². The predicted molar refractivity (Wildman–Crippen MR) is 92.1 cm³/mol. The van der Waals surface area contributed by atoms with Crippen LogP contribution in [0.15, 0.2) is 59.5 Å². The number of hydrogen-bond acceptors (Lipinski definition) is 4. The molecule has 1 atom stereocenters. The summed E-state index contributed by atoms with van der Waals surface area (Å²) in [5, 5.41) is 9.97. The van der Waals surface area contributed by atoms with Crippen LogP contribution >= 0.6 is 0 Å². The van der Waals surface area contributed by atoms with E-state index >= 15 is 0 Å². The summed E-state index contributed by atoms with van der Waals surface area (Å²) in [6, 6.07) is 8.03. The quantitative estimate of drug-likeness (QED) is 0.773. The molecule has 7 heteroatoms. The van der Waals surface area contributed by atoms with E-state index in [9.17, 15) is 22.7 Å². The van der Waals surface area contributed by atoms with Gasteiger partial charge in [-0.1, -0.05) is 30.3 Å². The van der Waals surface area contributed by atoms with E-state index in [4.69, 9.17) is 0 Å². The Balaban J connectivity index is 2.48. The molecule has 0 bridgehead atoms. The van der Waals surface area contributed by atoms with E-state index < -0.39 is 33.4 Å². The number of ketones is 1. The maximum Gasteiger partial charge on any atom is 0.241 e. The predicted octanol–water partition coefficient (Wildman–Crippen LogP) is 3.00. The maximum atomic E-state index is 13.2. The van der Waals surface area contributed by atoms with E-state index in [1.54, 1.807) is 12.1 Å². The van der Waals surface area contributed by atoms with Crippen LogP contribution < -0.4 is 4.72 Å². The van der Waals surface area contributed by atoms with Gasteiger partial charge in [0.25, 0.3) is 0 Å². The summed E-state index contributed by atoms with van der Waals surface area (Å²) in [5.41, 5.74) is 0.856. The van der Waals surface area contributed by atoms with Gasteiger partial charge in [-0.2, -0.15) is 4.72 Å². The Bertz CT molecular complexity index is 921. The van der Waals surface area contributed by atoms with Crippen molar-refractivity contribution in [2.45, 2.75) is 24.8 Å². The maximum absolute atomic E-state index is 13.2. The van der Waals surface area contributed by atoms with Crippen molar-refractivity contribution in [3.63, 3.8) is 0 Å². The number of sulfonamides is 1. The van der Waals surface area contributed by atoms with Crippen LogP contribution in [0.5, 0.6) is 5.75 Å². The number of nitrogens with one attached hydrogen (secondary N) is 1. The fourth-order valence-corrected chi connectivity index (χ4v) is 3.44. The molecule has 2 aromatic rings. The molecule has 0 aliphatic carbocycles. The van der Waals surface area contributed by atoms with Crippen LogP contribution in [0.3, 0.4) is 0 Å². The molecule has 2 N–H and O–H groups in total. The average molecular weight is 363 g/mol. The molecule has 132 valence electrons. The van der Waals surface area contributed by atoms with Crippen LogP contribution in [0.2, 0.25) is 0 Å². The van der Waals surface area contributed by atoms with Crippen molar-refractivity contribution in [1.29, 1.82) is 0 Å². The molecule has 0 aliphatic rings. The van der Waals surface area contributed by atoms with Gasteiger partial charge in [0.05, 0.1) is 10.9 Å². The molecule has 25 heavy (non-hydrogen) atoms. The lowest BCUT2D eigenvalue weighted by atomic mass is 9.97. The number of aryl methyl sites for hydroxylation is 1. The highest BCUT2D eigenvalue weighted by Crippen LogP contribution is 2.31. The Morgan fingerprint density at radius 2 is 1.80 bits per heavy atom. The van der Waals surface area contributed by atoms with Gasteiger partial charge < -0.3 is 5.11 Å². The molecule has 2 aromatic carbocycles. The number of aromatic hydroxyl groups is 1. The highest BCUT2D eigenvalue weighted by molar-refractivity contribution is 7.89. The third-order valence-corrected chi connectivity index (χ3v) is 5.15. The molecule has 0 radical (unpaired) electrons. The van der Waals surface area contributed by atoms with Crippen LogP contribution in [-0.2, 0) is 14.8 Å². The minimum Gasteiger partial charge on any atom is -0.507 e. The molecular formula is C18H18FNO4S. The topological polar surface area (TPSA) is 83.5 Å². The zero-order valence-corrected chi connectivity index (χ0v) is 14.6. The van der Waals surface area contributed by atoms with Gasteiger partial charge in [0.1, 0.15) is 11.6 Å². The number of phenolic OH excluding ortho intramolecular Hbond substituents is 1. The van der Waals surface area contributed by atoms with Crippen molar-refractivity contribution in [3.8, 4) is 5.75 Å². The third kappa shape index (κ3) is 4.32. The summed E-state index contributed by atoms with van der Waals surface area (Å²) >= 11 is 0. The Kier molecular flexibility index (Phi) is 5.39. The number of benzene rings is 2. The standard InChI is InChI=1S/C18H18FNO4S/c1-11-4-7-15(8-5-11)25(23,24)20-18(12(2)13(3)21)16-9-6-14(19)10-17(16)22/h4-10,18,20,22H,2H2,1,3H3/t18-/m1/s1. The summed E-state index contributed by atoms with van der Waals surface area (Å²) in [4.78, 5) is 11.7. The molecule has 0 spiro atoms. The molecule has 2 rings (SSSR count). The minimum absolute atomic E-state index is 0.000975. The van der Waals surface area contributed by atoms with Crippen LogP contribution in [0.25, 0.3) is 0 Å². The van der Waals surface area contributed by atoms with E-state index in [0.717, 1.165) is 17.7 Å². The van der Waals surface area contributed by atoms with E-state index in [1.165, 1.54) is 25.1 Å². The van der Waals surface area contributed by atoms with Gasteiger partial charge in [-0.05, 0) is 32.0 Å². The fourth-order valence-electron chi connectivity index (χ4n) is 2.23. The number of carbonyl (C=O) groups excluding carboxylic acids is 1. The molecule has 0 aromatic heterocycles. The van der Waals surface area contributed by atoms with Gasteiger partial charge in [-0.25, -0.2) is 12.8 Å². The van der Waals surface area contributed by atoms with Crippen molar-refractivity contribution in [2.24, 2.45) is 0 Å². The Hall–Kier alpha value is -2.51. The second-order valence-electron chi connectivity index (χ2n) is 5.65. The smallest absolute Gasteiger partial charge is 0.241 e. The van der Waals surface area contributed by atoms with Gasteiger partial charge in [0.2, 0.25) is 10.0 Å².